The van der Waals surface area contributed by atoms with Crippen molar-refractivity contribution in [3.05, 3.63) is 167 Å². The van der Waals surface area contributed by atoms with Crippen LogP contribution in [0.15, 0.2) is 127 Å². The molecule has 0 saturated carbocycles. The number of carbonyl (C=O) groups is 7. The van der Waals surface area contributed by atoms with Gasteiger partial charge in [0.15, 0.2) is 0 Å². The van der Waals surface area contributed by atoms with Gasteiger partial charge in [0.1, 0.15) is 41.8 Å². The molecule has 6 atom stereocenters. The number of esters is 2. The number of hydroxylamine groups is 2. The molecule has 2 aliphatic heterocycles. The van der Waals surface area contributed by atoms with E-state index < -0.39 is 77.5 Å². The maximum atomic E-state index is 14.0. The van der Waals surface area contributed by atoms with E-state index in [9.17, 15) is 42.3 Å². The standard InChI is InChI=1S/C37H43Cl2FN4O6.C29H37Cl2FN4O4.CH4.2ClH/c1-2-49-37(48)32(23-27-13-15-29(40)16-14-27)42-35(46)31(24-28-10-6-11-30(22-28)43(20-17-38)21-18-39)41-36(47)33-12-7-19-44(33)50-34(45)25-26-8-4-3-5-9-26;1-2-40-29(39)26(18-20-8-10-22(32)11-9-20)35-28(38)25(34-27(37)24-7-4-14-33-24)19-21-5-3-6-23(17-21)36(15-12-30)16-13-31;;;/h3-6,8-11,13-16,22,31-33H,2,7,12,17-21,23-25H2,1H3,(H,41,47)(H,42,46);3,5-6,8-11,17,24-26,33H,2,4,7,12-16,18-19H2,1H3,(H,34,37)(H,35,38);1H4;2*1H. The molecule has 2 aliphatic rings. The predicted molar refractivity (Wildman–Crippen MR) is 367 cm³/mol. The first kappa shape index (κ1) is 80.7. The summed E-state index contributed by atoms with van der Waals surface area (Å²) in [6.45, 7) is 6.98. The van der Waals surface area contributed by atoms with E-state index in [1.165, 1.54) is 41.5 Å². The van der Waals surface area contributed by atoms with E-state index >= 15 is 0 Å². The van der Waals surface area contributed by atoms with E-state index in [2.05, 4.69) is 31.5 Å². The van der Waals surface area contributed by atoms with Crippen LogP contribution < -0.4 is 36.4 Å². The summed E-state index contributed by atoms with van der Waals surface area (Å²) >= 11 is 24.0. The number of nitrogens with zero attached hydrogens (tertiary/aromatic N) is 3. The fourth-order valence-electron chi connectivity index (χ4n) is 10.4. The highest BCUT2D eigenvalue weighted by atomic mass is 35.5. The van der Waals surface area contributed by atoms with Gasteiger partial charge in [0.05, 0.1) is 25.7 Å². The molecule has 0 spiro atoms. The molecule has 5 N–H and O–H groups in total. The van der Waals surface area contributed by atoms with Crippen LogP contribution in [0.1, 0.15) is 74.8 Å². The van der Waals surface area contributed by atoms with Crippen molar-refractivity contribution in [2.45, 2.75) is 115 Å². The zero-order valence-electron chi connectivity index (χ0n) is 51.4. The van der Waals surface area contributed by atoms with Crippen LogP contribution in [0.25, 0.3) is 0 Å². The molecular weight excluding hydrogens is 1330 g/mol. The fourth-order valence-corrected chi connectivity index (χ4v) is 11.2. The number of carbonyl (C=O) groups excluding carboxylic acids is 7. The van der Waals surface area contributed by atoms with E-state index in [-0.39, 0.29) is 89.5 Å². The lowest BCUT2D eigenvalue weighted by atomic mass is 10.0. The van der Waals surface area contributed by atoms with Crippen molar-refractivity contribution < 1.29 is 56.7 Å². The Kier molecular flexibility index (Phi) is 37.8. The first-order chi connectivity index (χ1) is 43.5. The fraction of sp³-hybridized carbons (Fsp3) is 0.448. The Hall–Kier alpha value is -6.49. The number of ether oxygens (including phenoxy) is 2. The van der Waals surface area contributed by atoms with E-state index in [0.717, 1.165) is 41.0 Å². The zero-order chi connectivity index (χ0) is 64.8. The van der Waals surface area contributed by atoms with Gasteiger partial charge in [-0.3, -0.25) is 19.2 Å². The highest BCUT2D eigenvalue weighted by Gasteiger charge is 2.37. The number of benzene rings is 5. The predicted octanol–water partition coefficient (Wildman–Crippen LogP) is 9.25. The van der Waals surface area contributed by atoms with Gasteiger partial charge >= 0.3 is 17.9 Å². The summed E-state index contributed by atoms with van der Waals surface area (Å²) in [7, 11) is 0. The number of hydrogen-bond acceptors (Lipinski definition) is 14. The van der Waals surface area contributed by atoms with Crippen molar-refractivity contribution in [3.8, 4) is 0 Å². The number of nitrogens with one attached hydrogen (secondary N) is 5. The molecule has 2 heterocycles. The normalized spacial score (nSPS) is 15.3. The molecule has 6 unspecified atom stereocenters. The van der Waals surface area contributed by atoms with Crippen molar-refractivity contribution in [3.63, 3.8) is 0 Å². The lowest BCUT2D eigenvalue weighted by Gasteiger charge is -2.27. The molecule has 93 heavy (non-hydrogen) atoms. The average molecular weight is 1410 g/mol. The number of hydrogen-bond donors (Lipinski definition) is 5. The molecule has 0 aliphatic carbocycles. The Morgan fingerprint density at radius 2 is 0.968 bits per heavy atom. The van der Waals surface area contributed by atoms with Crippen LogP contribution in [0.2, 0.25) is 0 Å². The molecule has 2 saturated heterocycles. The summed E-state index contributed by atoms with van der Waals surface area (Å²) in [6.07, 6.45) is 3.03. The van der Waals surface area contributed by atoms with Gasteiger partial charge in [0, 0.05) is 93.3 Å². The summed E-state index contributed by atoms with van der Waals surface area (Å²) in [6, 6.07) is 30.2. The molecule has 18 nitrogen and oxygen atoms in total. The number of anilines is 2. The maximum absolute atomic E-state index is 14.0. The molecule has 7 rings (SSSR count). The summed E-state index contributed by atoms with van der Waals surface area (Å²) in [5.74, 6) is -2.88. The second-order valence-electron chi connectivity index (χ2n) is 21.5. The smallest absolute Gasteiger partial charge is 0.329 e. The highest BCUT2D eigenvalue weighted by Crippen LogP contribution is 2.23. The summed E-state index contributed by atoms with van der Waals surface area (Å²) in [4.78, 5) is 103. The Balaban J connectivity index is 0.000000481. The minimum absolute atomic E-state index is 0. The van der Waals surface area contributed by atoms with E-state index in [1.54, 1.807) is 26.0 Å². The van der Waals surface area contributed by atoms with Gasteiger partial charge < -0.3 is 50.7 Å². The van der Waals surface area contributed by atoms with Crippen LogP contribution in [-0.2, 0) is 80.0 Å². The van der Waals surface area contributed by atoms with Gasteiger partial charge in [-0.1, -0.05) is 86.3 Å². The molecular formula is C67H86Cl6F2N8O10. The molecule has 510 valence electrons. The van der Waals surface area contributed by atoms with Crippen molar-refractivity contribution in [1.29, 1.82) is 0 Å². The first-order valence-corrected chi connectivity index (χ1v) is 32.4. The summed E-state index contributed by atoms with van der Waals surface area (Å²) < 4.78 is 37.4. The number of halogens is 8. The third-order valence-corrected chi connectivity index (χ3v) is 15.6. The molecule has 0 aromatic heterocycles. The SMILES string of the molecule is C.CCOC(=O)C(Cc1ccc(F)cc1)NC(=O)C(Cc1cccc(N(CCCl)CCCl)c1)NC(=O)C1CCCN1.CCOC(=O)C(Cc1ccc(F)cc1)NC(=O)C(Cc1cccc(N(CCCl)CCCl)c1)NC(=O)C1CCCN1OC(=O)Cc1ccccc1.Cl.Cl. The quantitative estimate of drug-likeness (QED) is 0.0196. The van der Waals surface area contributed by atoms with Crippen LogP contribution >= 0.6 is 71.2 Å². The Morgan fingerprint density at radius 1 is 0.538 bits per heavy atom. The number of amides is 4. The maximum Gasteiger partial charge on any atom is 0.329 e. The minimum atomic E-state index is -1.13. The van der Waals surface area contributed by atoms with Crippen LogP contribution in [-0.4, -0.2) is 159 Å². The van der Waals surface area contributed by atoms with Crippen molar-refractivity contribution in [2.75, 3.05) is 85.8 Å². The lowest BCUT2D eigenvalue weighted by molar-refractivity contribution is -0.195. The van der Waals surface area contributed by atoms with Crippen LogP contribution in [0.5, 0.6) is 0 Å². The van der Waals surface area contributed by atoms with Gasteiger partial charge in [-0.2, -0.15) is 0 Å². The zero-order valence-corrected chi connectivity index (χ0v) is 56.1. The van der Waals surface area contributed by atoms with E-state index in [0.29, 0.717) is 86.6 Å². The number of rotatable bonds is 33. The Morgan fingerprint density at radius 3 is 1.39 bits per heavy atom. The molecule has 0 bridgehead atoms. The Labute approximate surface area is 576 Å². The monoisotopic (exact) mass is 1410 g/mol. The summed E-state index contributed by atoms with van der Waals surface area (Å²) in [5.41, 5.74) is 5.35. The number of alkyl halides is 4. The minimum Gasteiger partial charge on any atom is -0.464 e. The topological polar surface area (TPSA) is 217 Å². The van der Waals surface area contributed by atoms with Crippen LogP contribution in [0.3, 0.4) is 0 Å². The highest BCUT2D eigenvalue weighted by molar-refractivity contribution is 6.19. The van der Waals surface area contributed by atoms with Crippen molar-refractivity contribution in [2.24, 2.45) is 0 Å². The van der Waals surface area contributed by atoms with Crippen molar-refractivity contribution in [1.82, 2.24) is 31.6 Å². The molecule has 26 heteroatoms. The molecule has 5 aromatic carbocycles. The summed E-state index contributed by atoms with van der Waals surface area (Å²) in [5, 5.41) is 15.8. The van der Waals surface area contributed by atoms with E-state index in [1.807, 2.05) is 83.8 Å². The largest absolute Gasteiger partial charge is 0.464 e. The Bertz CT molecular complexity index is 3080. The molecule has 2 fully saturated rings. The lowest BCUT2D eigenvalue weighted by Crippen LogP contribution is -2.56. The first-order valence-electron chi connectivity index (χ1n) is 30.2. The third-order valence-electron chi connectivity index (χ3n) is 14.9. The van der Waals surface area contributed by atoms with Gasteiger partial charge in [-0.25, -0.2) is 23.2 Å². The third kappa shape index (κ3) is 27.0. The van der Waals surface area contributed by atoms with Crippen LogP contribution in [0, 0.1) is 11.6 Å². The van der Waals surface area contributed by atoms with Gasteiger partial charge in [-0.15, -0.1) is 76.3 Å². The van der Waals surface area contributed by atoms with Gasteiger partial charge in [-0.05, 0) is 122 Å². The van der Waals surface area contributed by atoms with Crippen LogP contribution in [0.4, 0.5) is 20.2 Å². The second kappa shape index (κ2) is 43.5. The molecule has 4 amide bonds. The average Bonchev–Trinajstić information content (AvgIpc) is 1.94. The molecule has 0 radical (unpaired) electrons. The van der Waals surface area contributed by atoms with Gasteiger partial charge in [0.2, 0.25) is 23.6 Å². The second-order valence-corrected chi connectivity index (χ2v) is 23.0. The van der Waals surface area contributed by atoms with E-state index in [4.69, 9.17) is 60.7 Å². The van der Waals surface area contributed by atoms with Gasteiger partial charge in [0.25, 0.3) is 0 Å². The molecule has 5 aromatic rings. The van der Waals surface area contributed by atoms with Crippen molar-refractivity contribution >= 4 is 124 Å².